The summed E-state index contributed by atoms with van der Waals surface area (Å²) in [5, 5.41) is 5.58. The van der Waals surface area contributed by atoms with Gasteiger partial charge in [0, 0.05) is 25.0 Å². The molecule has 0 unspecified atom stereocenters. The van der Waals surface area contributed by atoms with Crippen molar-refractivity contribution < 1.29 is 14.3 Å². The van der Waals surface area contributed by atoms with Crippen LogP contribution in [-0.4, -0.2) is 48.0 Å². The normalized spacial score (nSPS) is 14.7. The van der Waals surface area contributed by atoms with Crippen LogP contribution in [0.2, 0.25) is 0 Å². The molecule has 0 spiro atoms. The van der Waals surface area contributed by atoms with Gasteiger partial charge in [-0.1, -0.05) is 44.2 Å². The molecular weight excluding hydrogens is 398 g/mol. The Morgan fingerprint density at radius 1 is 1.23 bits per heavy atom. The summed E-state index contributed by atoms with van der Waals surface area (Å²) in [6, 6.07) is 10.5. The summed E-state index contributed by atoms with van der Waals surface area (Å²) >= 11 is 1.37. The summed E-state index contributed by atoms with van der Waals surface area (Å²) < 4.78 is 5.21. The number of hydrogen-bond donors (Lipinski definition) is 1. The Morgan fingerprint density at radius 3 is 2.67 bits per heavy atom. The molecule has 0 bridgehead atoms. The number of nitrogens with zero attached hydrogens (tertiary/aromatic N) is 2. The van der Waals surface area contributed by atoms with Crippen molar-refractivity contribution in [3.8, 4) is 0 Å². The van der Waals surface area contributed by atoms with Gasteiger partial charge in [-0.05, 0) is 43.1 Å². The van der Waals surface area contributed by atoms with Gasteiger partial charge in [0.1, 0.15) is 0 Å². The lowest BCUT2D eigenvalue weighted by Gasteiger charge is -2.32. The molecular formula is C23H31N3O3S. The third-order valence-electron chi connectivity index (χ3n) is 5.37. The highest BCUT2D eigenvalue weighted by atomic mass is 32.1. The van der Waals surface area contributed by atoms with E-state index >= 15 is 0 Å². The number of amides is 1. The first-order chi connectivity index (χ1) is 14.5. The molecule has 2 aromatic rings. The third kappa shape index (κ3) is 6.83. The van der Waals surface area contributed by atoms with E-state index in [0.717, 1.165) is 32.2 Å². The number of carbonyl (C=O) groups is 2. The topological polar surface area (TPSA) is 71.5 Å². The average Bonchev–Trinajstić information content (AvgIpc) is 3.22. The average molecular weight is 430 g/mol. The van der Waals surface area contributed by atoms with Crippen molar-refractivity contribution >= 4 is 28.3 Å². The highest BCUT2D eigenvalue weighted by Gasteiger charge is 2.24. The van der Waals surface area contributed by atoms with Crippen LogP contribution >= 0.6 is 11.3 Å². The Labute approximate surface area is 182 Å². The largest absolute Gasteiger partial charge is 0.451 e. The van der Waals surface area contributed by atoms with Crippen LogP contribution in [0.4, 0.5) is 5.13 Å². The van der Waals surface area contributed by atoms with Crippen LogP contribution in [0.5, 0.6) is 0 Å². The fourth-order valence-corrected chi connectivity index (χ4v) is 4.25. The lowest BCUT2D eigenvalue weighted by atomic mass is 9.90. The van der Waals surface area contributed by atoms with Crippen molar-refractivity contribution in [1.29, 1.82) is 0 Å². The minimum Gasteiger partial charge on any atom is -0.451 e. The molecule has 2 heterocycles. The van der Waals surface area contributed by atoms with E-state index in [4.69, 9.17) is 4.74 Å². The van der Waals surface area contributed by atoms with Gasteiger partial charge in [0.05, 0.1) is 0 Å². The molecule has 0 radical (unpaired) electrons. The molecule has 1 amide bonds. The lowest BCUT2D eigenvalue weighted by Crippen LogP contribution is -2.41. The summed E-state index contributed by atoms with van der Waals surface area (Å²) in [6.45, 7) is 6.35. The number of aromatic nitrogens is 1. The van der Waals surface area contributed by atoms with Crippen LogP contribution in [-0.2, 0) is 16.0 Å². The zero-order valence-corrected chi connectivity index (χ0v) is 18.6. The zero-order chi connectivity index (χ0) is 21.3. The van der Waals surface area contributed by atoms with Gasteiger partial charge >= 0.3 is 5.97 Å². The maximum Gasteiger partial charge on any atom is 0.358 e. The van der Waals surface area contributed by atoms with E-state index in [2.05, 4.69) is 48.4 Å². The Balaban J connectivity index is 1.37. The predicted octanol–water partition coefficient (Wildman–Crippen LogP) is 4.24. The number of ether oxygens (including phenoxy) is 1. The molecule has 1 aliphatic heterocycles. The number of thiazole rings is 1. The van der Waals surface area contributed by atoms with Crippen molar-refractivity contribution in [2.24, 2.45) is 11.8 Å². The molecule has 1 aromatic carbocycles. The van der Waals surface area contributed by atoms with E-state index in [1.165, 1.54) is 16.9 Å². The molecule has 30 heavy (non-hydrogen) atoms. The van der Waals surface area contributed by atoms with Crippen LogP contribution in [0, 0.1) is 11.8 Å². The molecule has 1 N–H and O–H groups in total. The highest BCUT2D eigenvalue weighted by molar-refractivity contribution is 7.13. The van der Waals surface area contributed by atoms with E-state index < -0.39 is 5.97 Å². The number of rotatable bonds is 9. The summed E-state index contributed by atoms with van der Waals surface area (Å²) in [6.07, 6.45) is 4.04. The molecule has 1 fully saturated rings. The molecule has 0 aliphatic carbocycles. The van der Waals surface area contributed by atoms with Gasteiger partial charge in [0.15, 0.2) is 17.4 Å². The fourth-order valence-electron chi connectivity index (χ4n) is 3.54. The van der Waals surface area contributed by atoms with E-state index in [0.29, 0.717) is 30.1 Å². The molecule has 0 saturated carbocycles. The van der Waals surface area contributed by atoms with Gasteiger partial charge in [-0.3, -0.25) is 4.79 Å². The quantitative estimate of drug-likeness (QED) is 0.604. The molecule has 3 rings (SSSR count). The number of anilines is 1. The molecule has 6 nitrogen and oxygen atoms in total. The smallest absolute Gasteiger partial charge is 0.358 e. The van der Waals surface area contributed by atoms with E-state index in [9.17, 15) is 9.59 Å². The van der Waals surface area contributed by atoms with Gasteiger partial charge < -0.3 is 15.0 Å². The lowest BCUT2D eigenvalue weighted by molar-refractivity contribution is -0.135. The second-order valence-electron chi connectivity index (χ2n) is 8.24. The molecule has 7 heteroatoms. The van der Waals surface area contributed by atoms with E-state index in [1.54, 1.807) is 10.3 Å². The number of nitrogens with one attached hydrogen (secondary N) is 1. The first kappa shape index (κ1) is 22.3. The second-order valence-corrected chi connectivity index (χ2v) is 9.10. The number of esters is 1. The van der Waals surface area contributed by atoms with Gasteiger partial charge in [-0.2, -0.15) is 0 Å². The summed E-state index contributed by atoms with van der Waals surface area (Å²) in [7, 11) is 0. The maximum atomic E-state index is 12.4. The number of carbonyl (C=O) groups excluding carboxylic acids is 2. The Morgan fingerprint density at radius 2 is 1.97 bits per heavy atom. The van der Waals surface area contributed by atoms with Crippen molar-refractivity contribution in [2.45, 2.75) is 39.5 Å². The minimum absolute atomic E-state index is 0.132. The van der Waals surface area contributed by atoms with Crippen molar-refractivity contribution in [1.82, 2.24) is 9.88 Å². The summed E-state index contributed by atoms with van der Waals surface area (Å²) in [4.78, 5) is 30.7. The van der Waals surface area contributed by atoms with Gasteiger partial charge in [-0.15, -0.1) is 11.3 Å². The predicted molar refractivity (Wildman–Crippen MR) is 120 cm³/mol. The molecule has 1 saturated heterocycles. The van der Waals surface area contributed by atoms with Gasteiger partial charge in [-0.25, -0.2) is 9.78 Å². The van der Waals surface area contributed by atoms with Crippen molar-refractivity contribution in [3.05, 3.63) is 47.0 Å². The van der Waals surface area contributed by atoms with Crippen molar-refractivity contribution in [2.75, 3.05) is 31.6 Å². The Bertz CT molecular complexity index is 814. The Kier molecular flexibility index (Phi) is 8.25. The van der Waals surface area contributed by atoms with Crippen LogP contribution < -0.4 is 5.32 Å². The number of benzene rings is 1. The molecule has 1 aliphatic rings. The van der Waals surface area contributed by atoms with Gasteiger partial charge in [0.25, 0.3) is 5.91 Å². The van der Waals surface area contributed by atoms with E-state index in [1.807, 2.05) is 6.07 Å². The monoisotopic (exact) mass is 429 g/mol. The van der Waals surface area contributed by atoms with Crippen LogP contribution in [0.15, 0.2) is 35.7 Å². The maximum absolute atomic E-state index is 12.4. The number of hydrogen-bond acceptors (Lipinski definition) is 6. The van der Waals surface area contributed by atoms with E-state index in [-0.39, 0.29) is 18.2 Å². The molecule has 0 atom stereocenters. The second kappa shape index (κ2) is 11.1. The third-order valence-corrected chi connectivity index (χ3v) is 6.17. The number of likely N-dealkylation sites (tertiary alicyclic amines) is 1. The molecule has 1 aromatic heterocycles. The number of piperidine rings is 1. The standard InChI is InChI=1S/C23H31N3O3S/c1-17(2)8-11-24-23-25-20(16-30-23)22(28)29-15-21(27)26-12-9-19(10-13-26)14-18-6-4-3-5-7-18/h3-7,16-17,19H,8-15H2,1-2H3,(H,24,25). The SMILES string of the molecule is CC(C)CCNc1nc(C(=O)OCC(=O)N2CCC(Cc3ccccc3)CC2)cs1. The first-order valence-electron chi connectivity index (χ1n) is 10.7. The van der Waals surface area contributed by atoms with Gasteiger partial charge in [0.2, 0.25) is 0 Å². The van der Waals surface area contributed by atoms with Crippen LogP contribution in [0.3, 0.4) is 0 Å². The van der Waals surface area contributed by atoms with Crippen LogP contribution in [0.1, 0.15) is 49.2 Å². The fraction of sp³-hybridized carbons (Fsp3) is 0.522. The van der Waals surface area contributed by atoms with Crippen molar-refractivity contribution in [3.63, 3.8) is 0 Å². The van der Waals surface area contributed by atoms with Crippen LogP contribution in [0.25, 0.3) is 0 Å². The molecule has 162 valence electrons. The summed E-state index contributed by atoms with van der Waals surface area (Å²) in [5.41, 5.74) is 1.60. The first-order valence-corrected chi connectivity index (χ1v) is 11.6. The Hall–Kier alpha value is -2.41. The highest BCUT2D eigenvalue weighted by Crippen LogP contribution is 2.22. The zero-order valence-electron chi connectivity index (χ0n) is 17.8. The summed E-state index contributed by atoms with van der Waals surface area (Å²) in [5.74, 6) is 0.523. The minimum atomic E-state index is -0.546.